The van der Waals surface area contributed by atoms with E-state index in [1.54, 1.807) is 0 Å². The van der Waals surface area contributed by atoms with Gasteiger partial charge in [-0.05, 0) is 24.1 Å². The number of halogens is 1. The van der Waals surface area contributed by atoms with Crippen LogP contribution >= 0.6 is 27.7 Å². The molecular formula is C13H17BrO2S. The van der Waals surface area contributed by atoms with Gasteiger partial charge in [0.25, 0.3) is 0 Å². The highest BCUT2D eigenvalue weighted by Crippen LogP contribution is 2.26. The van der Waals surface area contributed by atoms with Crippen LogP contribution < -0.4 is 0 Å². The molecule has 0 spiro atoms. The molecule has 0 fully saturated rings. The number of esters is 1. The van der Waals surface area contributed by atoms with Gasteiger partial charge < -0.3 is 4.74 Å². The highest BCUT2D eigenvalue weighted by atomic mass is 79.9. The Kier molecular flexibility index (Phi) is 6.06. The minimum atomic E-state index is -0.299. The van der Waals surface area contributed by atoms with E-state index in [2.05, 4.69) is 34.5 Å². The zero-order valence-electron chi connectivity index (χ0n) is 10.3. The quantitative estimate of drug-likeness (QED) is 0.759. The molecule has 0 aromatic heterocycles. The summed E-state index contributed by atoms with van der Waals surface area (Å²) >= 11 is 5.41. The van der Waals surface area contributed by atoms with Gasteiger partial charge in [0.05, 0.1) is 12.7 Å². The van der Waals surface area contributed by atoms with Gasteiger partial charge in [0.15, 0.2) is 0 Å². The molecule has 0 N–H and O–H groups in total. The summed E-state index contributed by atoms with van der Waals surface area (Å²) in [6.07, 6.45) is 1.17. The van der Waals surface area contributed by atoms with Crippen molar-refractivity contribution in [3.63, 3.8) is 0 Å². The standard InChI is InChI=1S/C13H17BrO2S/c1-4-9(2)17-8-11-6-5-10(7-12(11)14)13(15)16-3/h5-7,9H,4,8H2,1-3H3. The number of benzene rings is 1. The molecule has 1 rings (SSSR count). The third kappa shape index (κ3) is 4.36. The van der Waals surface area contributed by atoms with Crippen LogP contribution in [0.15, 0.2) is 22.7 Å². The summed E-state index contributed by atoms with van der Waals surface area (Å²) in [4.78, 5) is 11.3. The molecule has 0 saturated heterocycles. The van der Waals surface area contributed by atoms with Gasteiger partial charge in [0.1, 0.15) is 0 Å². The number of ether oxygens (including phenoxy) is 1. The summed E-state index contributed by atoms with van der Waals surface area (Å²) in [5.41, 5.74) is 1.79. The van der Waals surface area contributed by atoms with Crippen molar-refractivity contribution in [2.75, 3.05) is 7.11 Å². The van der Waals surface area contributed by atoms with Gasteiger partial charge in [-0.1, -0.05) is 35.8 Å². The monoisotopic (exact) mass is 316 g/mol. The molecule has 1 atom stereocenters. The molecule has 1 unspecified atom stereocenters. The number of methoxy groups -OCH3 is 1. The predicted octanol–water partition coefficient (Wildman–Crippen LogP) is 4.27. The second-order valence-corrected chi connectivity index (χ2v) is 6.11. The number of hydrogen-bond donors (Lipinski definition) is 0. The first-order chi connectivity index (χ1) is 8.08. The molecule has 0 saturated carbocycles. The Hall–Kier alpha value is -0.480. The highest BCUT2D eigenvalue weighted by Gasteiger charge is 2.09. The molecular weight excluding hydrogens is 300 g/mol. The normalized spacial score (nSPS) is 12.2. The van der Waals surface area contributed by atoms with Crippen LogP contribution in [0.5, 0.6) is 0 Å². The molecule has 17 heavy (non-hydrogen) atoms. The van der Waals surface area contributed by atoms with Gasteiger partial charge in [0, 0.05) is 15.5 Å². The molecule has 4 heteroatoms. The average molecular weight is 317 g/mol. The lowest BCUT2D eigenvalue weighted by Gasteiger charge is -2.10. The summed E-state index contributed by atoms with van der Waals surface area (Å²) in [6, 6.07) is 5.60. The Labute approximate surface area is 115 Å². The van der Waals surface area contributed by atoms with Gasteiger partial charge in [-0.15, -0.1) is 0 Å². The molecule has 94 valence electrons. The fourth-order valence-electron chi connectivity index (χ4n) is 1.26. The van der Waals surface area contributed by atoms with Gasteiger partial charge in [-0.2, -0.15) is 11.8 Å². The third-order valence-corrected chi connectivity index (χ3v) is 4.69. The molecule has 2 nitrogen and oxygen atoms in total. The van der Waals surface area contributed by atoms with Gasteiger partial charge >= 0.3 is 5.97 Å². The molecule has 0 radical (unpaired) electrons. The molecule has 0 aliphatic carbocycles. The van der Waals surface area contributed by atoms with Gasteiger partial charge in [-0.3, -0.25) is 0 Å². The van der Waals surface area contributed by atoms with Crippen LogP contribution in [0.4, 0.5) is 0 Å². The van der Waals surface area contributed by atoms with Crippen LogP contribution in [0.3, 0.4) is 0 Å². The van der Waals surface area contributed by atoms with Crippen LogP contribution in [0.2, 0.25) is 0 Å². The largest absolute Gasteiger partial charge is 0.465 e. The van der Waals surface area contributed by atoms with Crippen molar-refractivity contribution in [2.24, 2.45) is 0 Å². The van der Waals surface area contributed by atoms with E-state index < -0.39 is 0 Å². The first-order valence-corrected chi connectivity index (χ1v) is 7.41. The minimum absolute atomic E-state index is 0.299. The highest BCUT2D eigenvalue weighted by molar-refractivity contribution is 9.10. The first kappa shape index (κ1) is 14.6. The van der Waals surface area contributed by atoms with Gasteiger partial charge in [0.2, 0.25) is 0 Å². The fourth-order valence-corrected chi connectivity index (χ4v) is 2.92. The van der Waals surface area contributed by atoms with E-state index in [-0.39, 0.29) is 5.97 Å². The summed E-state index contributed by atoms with van der Waals surface area (Å²) in [5, 5.41) is 0.655. The second-order valence-electron chi connectivity index (χ2n) is 3.83. The number of hydrogen-bond acceptors (Lipinski definition) is 3. The van der Waals surface area contributed by atoms with E-state index in [0.717, 1.165) is 10.2 Å². The molecule has 0 aliphatic heterocycles. The minimum Gasteiger partial charge on any atom is -0.465 e. The zero-order chi connectivity index (χ0) is 12.8. The van der Waals surface area contributed by atoms with Crippen LogP contribution in [-0.2, 0) is 10.5 Å². The third-order valence-electron chi connectivity index (χ3n) is 2.57. The van der Waals surface area contributed by atoms with Crippen molar-refractivity contribution in [1.82, 2.24) is 0 Å². The molecule has 0 heterocycles. The molecule has 0 bridgehead atoms. The summed E-state index contributed by atoms with van der Waals surface area (Å²) in [7, 11) is 1.39. The average Bonchev–Trinajstić information content (AvgIpc) is 2.35. The van der Waals surface area contributed by atoms with Crippen LogP contribution in [0.1, 0.15) is 36.2 Å². The summed E-state index contributed by atoms with van der Waals surface area (Å²) < 4.78 is 5.65. The smallest absolute Gasteiger partial charge is 0.337 e. The second kappa shape index (κ2) is 7.07. The maximum Gasteiger partial charge on any atom is 0.337 e. The van der Waals surface area contributed by atoms with Crippen LogP contribution in [-0.4, -0.2) is 18.3 Å². The molecule has 1 aromatic carbocycles. The molecule has 1 aromatic rings. The van der Waals surface area contributed by atoms with E-state index in [4.69, 9.17) is 0 Å². The van der Waals surface area contributed by atoms with E-state index >= 15 is 0 Å². The Morgan fingerprint density at radius 1 is 1.53 bits per heavy atom. The lowest BCUT2D eigenvalue weighted by Crippen LogP contribution is -2.02. The van der Waals surface area contributed by atoms with Crippen molar-refractivity contribution >= 4 is 33.7 Å². The lowest BCUT2D eigenvalue weighted by atomic mass is 10.1. The predicted molar refractivity (Wildman–Crippen MR) is 76.5 cm³/mol. The van der Waals surface area contributed by atoms with Crippen molar-refractivity contribution < 1.29 is 9.53 Å². The Bertz CT molecular complexity index is 393. The maximum atomic E-state index is 11.3. The SMILES string of the molecule is CCC(C)SCc1ccc(C(=O)OC)cc1Br. The number of rotatable bonds is 5. The lowest BCUT2D eigenvalue weighted by molar-refractivity contribution is 0.0600. The molecule has 0 amide bonds. The fraction of sp³-hybridized carbons (Fsp3) is 0.462. The van der Waals surface area contributed by atoms with Crippen molar-refractivity contribution in [1.29, 1.82) is 0 Å². The Morgan fingerprint density at radius 3 is 2.76 bits per heavy atom. The first-order valence-electron chi connectivity index (χ1n) is 5.56. The zero-order valence-corrected chi connectivity index (χ0v) is 12.7. The van der Waals surface area contributed by atoms with E-state index in [0.29, 0.717) is 10.8 Å². The Morgan fingerprint density at radius 2 is 2.24 bits per heavy atom. The van der Waals surface area contributed by atoms with Crippen molar-refractivity contribution in [2.45, 2.75) is 31.3 Å². The number of thioether (sulfide) groups is 1. The van der Waals surface area contributed by atoms with Crippen LogP contribution in [0.25, 0.3) is 0 Å². The summed E-state index contributed by atoms with van der Waals surface area (Å²) in [5.74, 6) is 0.656. The van der Waals surface area contributed by atoms with E-state index in [9.17, 15) is 4.79 Å². The number of carbonyl (C=O) groups is 1. The van der Waals surface area contributed by atoms with Crippen LogP contribution in [0, 0.1) is 0 Å². The topological polar surface area (TPSA) is 26.3 Å². The molecule has 0 aliphatic rings. The van der Waals surface area contributed by atoms with Crippen molar-refractivity contribution in [3.05, 3.63) is 33.8 Å². The Balaban J connectivity index is 2.73. The maximum absolute atomic E-state index is 11.3. The summed E-state index contributed by atoms with van der Waals surface area (Å²) in [6.45, 7) is 4.41. The number of carbonyl (C=O) groups excluding carboxylic acids is 1. The van der Waals surface area contributed by atoms with E-state index in [1.165, 1.54) is 19.1 Å². The van der Waals surface area contributed by atoms with Crippen molar-refractivity contribution in [3.8, 4) is 0 Å². The van der Waals surface area contributed by atoms with E-state index in [1.807, 2.05) is 30.0 Å². The van der Waals surface area contributed by atoms with Gasteiger partial charge in [-0.25, -0.2) is 4.79 Å².